The zero-order chi connectivity index (χ0) is 14.8. The first kappa shape index (κ1) is 16.2. The van der Waals surface area contributed by atoms with Crippen molar-refractivity contribution in [2.24, 2.45) is 0 Å². The molecule has 0 heterocycles. The molecule has 3 N–H and O–H groups in total. The molecule has 0 radical (unpaired) electrons. The highest BCUT2D eigenvalue weighted by molar-refractivity contribution is 7.89. The Morgan fingerprint density at radius 1 is 1.42 bits per heavy atom. The van der Waals surface area contributed by atoms with Crippen LogP contribution in [0.1, 0.15) is 19.4 Å². The Hall–Kier alpha value is -0.820. The van der Waals surface area contributed by atoms with Gasteiger partial charge in [0, 0.05) is 18.3 Å². The Kier molecular flexibility index (Phi) is 5.20. The van der Waals surface area contributed by atoms with Crippen molar-refractivity contribution in [1.82, 2.24) is 4.31 Å². The third-order valence-electron chi connectivity index (χ3n) is 2.80. The molecule has 1 aromatic carbocycles. The maximum atomic E-state index is 12.5. The summed E-state index contributed by atoms with van der Waals surface area (Å²) >= 11 is 6.01. The van der Waals surface area contributed by atoms with Gasteiger partial charge in [0.25, 0.3) is 0 Å². The van der Waals surface area contributed by atoms with Gasteiger partial charge >= 0.3 is 0 Å². The molecule has 0 fully saturated rings. The molecule has 0 aliphatic rings. The molecule has 0 saturated carbocycles. The van der Waals surface area contributed by atoms with Crippen LogP contribution in [0.5, 0.6) is 0 Å². The summed E-state index contributed by atoms with van der Waals surface area (Å²) in [5.41, 5.74) is 6.84. The Bertz CT molecular complexity index is 558. The summed E-state index contributed by atoms with van der Waals surface area (Å²) in [4.78, 5) is -0.0283. The van der Waals surface area contributed by atoms with Crippen molar-refractivity contribution in [2.45, 2.75) is 31.7 Å². The minimum atomic E-state index is -3.77. The van der Waals surface area contributed by atoms with Crippen LogP contribution in [-0.4, -0.2) is 37.0 Å². The van der Waals surface area contributed by atoms with E-state index >= 15 is 0 Å². The van der Waals surface area contributed by atoms with Gasteiger partial charge in [0.05, 0.1) is 11.6 Å². The highest BCUT2D eigenvalue weighted by Crippen LogP contribution is 2.29. The lowest BCUT2D eigenvalue weighted by Crippen LogP contribution is -2.39. The standard InChI is InChI=1S/C12H19ClN2O3S/c1-8(2)15(4-5-16)19(17,18)12-7-11(14)9(3)6-10(12)13/h6-8,16H,4-5,14H2,1-3H3. The first-order chi connectivity index (χ1) is 8.71. The van der Waals surface area contributed by atoms with Gasteiger partial charge in [0.2, 0.25) is 10.0 Å². The number of nitrogens with two attached hydrogens (primary N) is 1. The summed E-state index contributed by atoms with van der Waals surface area (Å²) in [6.07, 6.45) is 0. The molecular formula is C12H19ClN2O3S. The summed E-state index contributed by atoms with van der Waals surface area (Å²) in [7, 11) is -3.77. The molecule has 1 aromatic rings. The summed E-state index contributed by atoms with van der Waals surface area (Å²) in [6.45, 7) is 4.99. The van der Waals surface area contributed by atoms with Crippen molar-refractivity contribution >= 4 is 27.3 Å². The lowest BCUT2D eigenvalue weighted by atomic mass is 10.2. The van der Waals surface area contributed by atoms with E-state index in [0.717, 1.165) is 5.56 Å². The Morgan fingerprint density at radius 2 is 2.00 bits per heavy atom. The van der Waals surface area contributed by atoms with Gasteiger partial charge in [0.15, 0.2) is 0 Å². The van der Waals surface area contributed by atoms with E-state index in [1.54, 1.807) is 20.8 Å². The number of hydrogen-bond acceptors (Lipinski definition) is 4. The predicted molar refractivity (Wildman–Crippen MR) is 76.7 cm³/mol. The second-order valence-corrected chi connectivity index (χ2v) is 6.84. The molecular weight excluding hydrogens is 288 g/mol. The highest BCUT2D eigenvalue weighted by atomic mass is 35.5. The number of aliphatic hydroxyl groups is 1. The van der Waals surface area contributed by atoms with Gasteiger partial charge < -0.3 is 10.8 Å². The largest absolute Gasteiger partial charge is 0.398 e. The monoisotopic (exact) mass is 306 g/mol. The molecule has 0 amide bonds. The summed E-state index contributed by atoms with van der Waals surface area (Å²) in [5, 5.41) is 9.13. The van der Waals surface area contributed by atoms with Gasteiger partial charge in [-0.2, -0.15) is 4.31 Å². The third kappa shape index (κ3) is 3.39. The van der Waals surface area contributed by atoms with Crippen molar-refractivity contribution in [3.8, 4) is 0 Å². The number of rotatable bonds is 5. The minimum Gasteiger partial charge on any atom is -0.398 e. The Balaban J connectivity index is 3.37. The van der Waals surface area contributed by atoms with E-state index in [-0.39, 0.29) is 29.1 Å². The van der Waals surface area contributed by atoms with Crippen molar-refractivity contribution < 1.29 is 13.5 Å². The average molecular weight is 307 g/mol. The van der Waals surface area contributed by atoms with E-state index in [1.807, 2.05) is 0 Å². The summed E-state index contributed by atoms with van der Waals surface area (Å²) in [6, 6.07) is 2.61. The molecule has 0 saturated heterocycles. The molecule has 0 bridgehead atoms. The van der Waals surface area contributed by atoms with E-state index in [4.69, 9.17) is 22.4 Å². The fraction of sp³-hybridized carbons (Fsp3) is 0.500. The number of nitrogens with zero attached hydrogens (tertiary/aromatic N) is 1. The SMILES string of the molecule is Cc1cc(Cl)c(S(=O)(=O)N(CCO)C(C)C)cc1N. The molecule has 5 nitrogen and oxygen atoms in total. The van der Waals surface area contributed by atoms with Crippen LogP contribution in [-0.2, 0) is 10.0 Å². The minimum absolute atomic E-state index is 0.0180. The van der Waals surface area contributed by atoms with Gasteiger partial charge in [-0.15, -0.1) is 0 Å². The zero-order valence-electron chi connectivity index (χ0n) is 11.2. The molecule has 0 unspecified atom stereocenters. The maximum Gasteiger partial charge on any atom is 0.244 e. The van der Waals surface area contributed by atoms with Gasteiger partial charge in [-0.25, -0.2) is 8.42 Å². The molecule has 108 valence electrons. The van der Waals surface area contributed by atoms with Crippen LogP contribution in [0.2, 0.25) is 5.02 Å². The van der Waals surface area contributed by atoms with Crippen LogP contribution in [0.25, 0.3) is 0 Å². The normalized spacial score (nSPS) is 12.4. The Morgan fingerprint density at radius 3 is 2.47 bits per heavy atom. The highest BCUT2D eigenvalue weighted by Gasteiger charge is 2.29. The number of sulfonamides is 1. The predicted octanol–water partition coefficient (Wildman–Crippen LogP) is 1.62. The van der Waals surface area contributed by atoms with E-state index < -0.39 is 10.0 Å². The van der Waals surface area contributed by atoms with Crippen molar-refractivity contribution in [1.29, 1.82) is 0 Å². The fourth-order valence-electron chi connectivity index (χ4n) is 1.75. The molecule has 0 aromatic heterocycles. The van der Waals surface area contributed by atoms with Crippen molar-refractivity contribution in [3.63, 3.8) is 0 Å². The third-order valence-corrected chi connectivity index (χ3v) is 5.34. The van der Waals surface area contributed by atoms with Crippen LogP contribution in [0, 0.1) is 6.92 Å². The van der Waals surface area contributed by atoms with E-state index in [9.17, 15) is 8.42 Å². The van der Waals surface area contributed by atoms with Crippen molar-refractivity contribution in [2.75, 3.05) is 18.9 Å². The number of aryl methyl sites for hydroxylation is 1. The summed E-state index contributed by atoms with van der Waals surface area (Å²) < 4.78 is 26.2. The number of halogens is 1. The summed E-state index contributed by atoms with van der Waals surface area (Å²) in [5.74, 6) is 0. The quantitative estimate of drug-likeness (QED) is 0.810. The number of anilines is 1. The van der Waals surface area contributed by atoms with Gasteiger partial charge in [0.1, 0.15) is 4.90 Å². The van der Waals surface area contributed by atoms with E-state index in [2.05, 4.69) is 0 Å². The van der Waals surface area contributed by atoms with Crippen LogP contribution >= 0.6 is 11.6 Å². The molecule has 0 aliphatic heterocycles. The Labute approximate surface area is 119 Å². The number of hydrogen-bond donors (Lipinski definition) is 2. The number of benzene rings is 1. The zero-order valence-corrected chi connectivity index (χ0v) is 12.8. The van der Waals surface area contributed by atoms with E-state index in [1.165, 1.54) is 16.4 Å². The van der Waals surface area contributed by atoms with Crippen LogP contribution in [0.3, 0.4) is 0 Å². The first-order valence-electron chi connectivity index (χ1n) is 5.90. The molecule has 0 aliphatic carbocycles. The molecule has 7 heteroatoms. The smallest absolute Gasteiger partial charge is 0.244 e. The lowest BCUT2D eigenvalue weighted by Gasteiger charge is -2.25. The molecule has 19 heavy (non-hydrogen) atoms. The molecule has 0 spiro atoms. The maximum absolute atomic E-state index is 12.5. The fourth-order valence-corrected chi connectivity index (χ4v) is 3.97. The second kappa shape index (κ2) is 6.09. The topological polar surface area (TPSA) is 83.6 Å². The van der Waals surface area contributed by atoms with Gasteiger partial charge in [-0.1, -0.05) is 11.6 Å². The van der Waals surface area contributed by atoms with Crippen LogP contribution < -0.4 is 5.73 Å². The second-order valence-electron chi connectivity index (χ2n) is 4.57. The van der Waals surface area contributed by atoms with Crippen LogP contribution in [0.15, 0.2) is 17.0 Å². The van der Waals surface area contributed by atoms with Gasteiger partial charge in [-0.3, -0.25) is 0 Å². The average Bonchev–Trinajstić information content (AvgIpc) is 2.29. The first-order valence-corrected chi connectivity index (χ1v) is 7.72. The van der Waals surface area contributed by atoms with Gasteiger partial charge in [-0.05, 0) is 38.5 Å². The van der Waals surface area contributed by atoms with E-state index in [0.29, 0.717) is 5.69 Å². The molecule has 0 atom stereocenters. The van der Waals surface area contributed by atoms with Crippen LogP contribution in [0.4, 0.5) is 5.69 Å². The van der Waals surface area contributed by atoms with Crippen molar-refractivity contribution in [3.05, 3.63) is 22.7 Å². The number of nitrogen functional groups attached to an aromatic ring is 1. The lowest BCUT2D eigenvalue weighted by molar-refractivity contribution is 0.236. The molecule has 1 rings (SSSR count). The number of aliphatic hydroxyl groups excluding tert-OH is 1.